The Morgan fingerprint density at radius 2 is 1.41 bits per heavy atom. The molecule has 0 bridgehead atoms. The van der Waals surface area contributed by atoms with E-state index in [1.807, 2.05) is 11.3 Å². The number of hydrogen-bond acceptors (Lipinski definition) is 1. The number of nitrogens with zero attached hydrogens (tertiary/aromatic N) is 1. The second kappa shape index (κ2) is 9.43. The van der Waals surface area contributed by atoms with E-state index in [2.05, 4.69) is 160 Å². The van der Waals surface area contributed by atoms with Crippen LogP contribution in [0.3, 0.4) is 0 Å². The molecule has 0 saturated carbocycles. The van der Waals surface area contributed by atoms with Crippen molar-refractivity contribution in [1.82, 2.24) is 9.55 Å². The number of rotatable bonds is 2. The Labute approximate surface area is 289 Å². The molecule has 0 fully saturated rings. The molecule has 0 amide bonds. The minimum atomic E-state index is -0.0864. The number of benzene rings is 6. The van der Waals surface area contributed by atoms with Gasteiger partial charge in [-0.05, 0) is 76.5 Å². The number of aromatic nitrogens is 2. The van der Waals surface area contributed by atoms with Gasteiger partial charge in [-0.15, -0.1) is 11.3 Å². The van der Waals surface area contributed by atoms with Crippen molar-refractivity contribution < 1.29 is 0 Å². The van der Waals surface area contributed by atoms with Crippen LogP contribution < -0.4 is 10.9 Å². The third kappa shape index (κ3) is 3.47. The molecule has 6 aromatic carbocycles. The molecule has 3 aromatic heterocycles. The number of para-hydroxylation sites is 2. The summed E-state index contributed by atoms with van der Waals surface area (Å²) in [6, 6.07) is 43.1. The predicted molar refractivity (Wildman–Crippen MR) is 211 cm³/mol. The third-order valence-corrected chi connectivity index (χ3v) is 12.6. The van der Waals surface area contributed by atoms with Gasteiger partial charge in [-0.1, -0.05) is 116 Å². The van der Waals surface area contributed by atoms with E-state index < -0.39 is 0 Å². The number of nitrogens with one attached hydrogen (secondary N) is 1. The molecule has 2 aliphatic rings. The van der Waals surface area contributed by atoms with Gasteiger partial charge in [0.2, 0.25) is 0 Å². The molecule has 9 aromatic rings. The Kier molecular flexibility index (Phi) is 5.32. The van der Waals surface area contributed by atoms with Crippen LogP contribution in [0.4, 0.5) is 0 Å². The smallest absolute Gasteiger partial charge is 0.197 e. The summed E-state index contributed by atoms with van der Waals surface area (Å²) in [6.45, 7) is 9.24. The van der Waals surface area contributed by atoms with Crippen LogP contribution in [0.1, 0.15) is 36.1 Å². The summed E-state index contributed by atoms with van der Waals surface area (Å²) >= 11 is 1.91. The van der Waals surface area contributed by atoms with Gasteiger partial charge in [0.1, 0.15) is 4.83 Å². The van der Waals surface area contributed by atoms with E-state index in [1.54, 1.807) is 0 Å². The highest BCUT2D eigenvalue weighted by molar-refractivity contribution is 7.25. The number of thiophene rings is 1. The molecule has 231 valence electrons. The zero-order valence-electron chi connectivity index (χ0n) is 27.9. The topological polar surface area (TPSA) is 20.7 Å². The highest BCUT2D eigenvalue weighted by Gasteiger charge is 2.39. The number of fused-ring (bicyclic) bond motifs is 12. The molecule has 1 radical (unpaired) electrons. The van der Waals surface area contributed by atoms with Crippen LogP contribution in [-0.4, -0.2) is 16.8 Å². The molecule has 4 heteroatoms. The minimum absolute atomic E-state index is 0.0864. The summed E-state index contributed by atoms with van der Waals surface area (Å²) in [5.74, 6) is 0. The van der Waals surface area contributed by atoms with Gasteiger partial charge in [0.05, 0.1) is 11.2 Å². The van der Waals surface area contributed by atoms with Gasteiger partial charge in [0, 0.05) is 54.0 Å². The second-order valence-corrected chi connectivity index (χ2v) is 15.5. The van der Waals surface area contributed by atoms with Crippen molar-refractivity contribution in [3.8, 4) is 39.2 Å². The standard InChI is InChI=1S/C45H32BN2S/c1-24-12-9-13-25(2)37(24)26-22-32(27-16-10-18-31-39-42(47-41(27)31)28-14-5-7-19-33(28)45(39,3)4)40-35(23-26)48-43-30(17-11-20-34(43)46-40)38-29-15-6-8-21-36(29)49-44(38)48/h5-23,47H,1-4H3. The SMILES string of the molecule is Cc1cccc(C)c1-c1cc(-c2cccc3c4c([nH]c23)-c2ccccc2C4(C)C)c2c(c1)-n1c3sc4ccccc4c3c3cccc(c31)[B]2. The van der Waals surface area contributed by atoms with Gasteiger partial charge >= 0.3 is 0 Å². The molecular formula is C45H32BN2S. The predicted octanol–water partition coefficient (Wildman–Crippen LogP) is 10.7. The van der Waals surface area contributed by atoms with Crippen molar-refractivity contribution in [3.05, 3.63) is 138 Å². The van der Waals surface area contributed by atoms with E-state index >= 15 is 0 Å². The fourth-order valence-corrected chi connectivity index (χ4v) is 10.6. The number of aryl methyl sites for hydroxylation is 2. The van der Waals surface area contributed by atoms with Crippen molar-refractivity contribution in [1.29, 1.82) is 0 Å². The van der Waals surface area contributed by atoms with Crippen molar-refractivity contribution in [2.75, 3.05) is 0 Å². The van der Waals surface area contributed by atoms with Crippen LogP contribution in [0.2, 0.25) is 0 Å². The maximum atomic E-state index is 4.01. The lowest BCUT2D eigenvalue weighted by molar-refractivity contribution is 0.666. The number of H-pyrrole nitrogens is 1. The van der Waals surface area contributed by atoms with Crippen LogP contribution in [-0.2, 0) is 5.41 Å². The number of hydrogen-bond donors (Lipinski definition) is 1. The molecule has 1 N–H and O–H groups in total. The molecule has 2 nitrogen and oxygen atoms in total. The Bertz CT molecular complexity index is 2890. The maximum absolute atomic E-state index is 4.01. The van der Waals surface area contributed by atoms with Crippen LogP contribution in [0.15, 0.2) is 115 Å². The van der Waals surface area contributed by atoms with Gasteiger partial charge in [-0.2, -0.15) is 0 Å². The Balaban J connectivity index is 1.28. The van der Waals surface area contributed by atoms with Crippen molar-refractivity contribution in [2.45, 2.75) is 33.1 Å². The first-order valence-electron chi connectivity index (χ1n) is 17.2. The average Bonchev–Trinajstić information content (AvgIpc) is 3.83. The fourth-order valence-electron chi connectivity index (χ4n) is 9.35. The maximum Gasteiger partial charge on any atom is 0.197 e. The first-order chi connectivity index (χ1) is 23.9. The van der Waals surface area contributed by atoms with Crippen LogP contribution in [0.25, 0.3) is 81.3 Å². The highest BCUT2D eigenvalue weighted by atomic mass is 32.1. The van der Waals surface area contributed by atoms with Crippen LogP contribution in [0.5, 0.6) is 0 Å². The molecular weight excluding hydrogens is 611 g/mol. The number of aromatic amines is 1. The second-order valence-electron chi connectivity index (χ2n) is 14.5. The summed E-state index contributed by atoms with van der Waals surface area (Å²) < 4.78 is 3.91. The third-order valence-electron chi connectivity index (χ3n) is 11.4. The van der Waals surface area contributed by atoms with Crippen molar-refractivity contribution >= 4 is 71.7 Å². The monoisotopic (exact) mass is 643 g/mol. The lowest BCUT2D eigenvalue weighted by atomic mass is 9.58. The highest BCUT2D eigenvalue weighted by Crippen LogP contribution is 2.52. The first-order valence-corrected chi connectivity index (χ1v) is 18.0. The molecule has 1 aliphatic heterocycles. The summed E-state index contributed by atoms with van der Waals surface area (Å²) in [6.07, 6.45) is 0. The molecule has 0 saturated heterocycles. The largest absolute Gasteiger partial charge is 0.354 e. The summed E-state index contributed by atoms with van der Waals surface area (Å²) in [5, 5.41) is 5.34. The summed E-state index contributed by atoms with van der Waals surface area (Å²) in [5.41, 5.74) is 19.3. The van der Waals surface area contributed by atoms with Gasteiger partial charge in [0.15, 0.2) is 7.28 Å². The normalized spacial score (nSPS) is 14.0. The molecule has 1 aliphatic carbocycles. The van der Waals surface area contributed by atoms with E-state index in [-0.39, 0.29) is 5.41 Å². The van der Waals surface area contributed by atoms with Crippen molar-refractivity contribution in [2.24, 2.45) is 0 Å². The molecule has 0 spiro atoms. The first kappa shape index (κ1) is 27.6. The Morgan fingerprint density at radius 1 is 0.694 bits per heavy atom. The summed E-state index contributed by atoms with van der Waals surface area (Å²) in [4.78, 5) is 5.32. The lowest BCUT2D eigenvalue weighted by Crippen LogP contribution is -2.37. The van der Waals surface area contributed by atoms with E-state index in [0.29, 0.717) is 0 Å². The van der Waals surface area contributed by atoms with E-state index in [0.717, 1.165) is 0 Å². The molecule has 49 heavy (non-hydrogen) atoms. The van der Waals surface area contributed by atoms with Crippen LogP contribution >= 0.6 is 11.3 Å². The van der Waals surface area contributed by atoms with E-state index in [1.165, 1.54) is 114 Å². The van der Waals surface area contributed by atoms with Gasteiger partial charge in [-0.3, -0.25) is 0 Å². The molecule has 4 heterocycles. The zero-order valence-corrected chi connectivity index (χ0v) is 28.7. The molecule has 11 rings (SSSR count). The fraction of sp³-hybridized carbons (Fsp3) is 0.111. The Hall–Kier alpha value is -5.32. The molecule has 0 atom stereocenters. The van der Waals surface area contributed by atoms with E-state index in [9.17, 15) is 0 Å². The molecule has 0 unspecified atom stereocenters. The van der Waals surface area contributed by atoms with Gasteiger partial charge in [0.25, 0.3) is 0 Å². The minimum Gasteiger partial charge on any atom is -0.354 e. The summed E-state index contributed by atoms with van der Waals surface area (Å²) in [7, 11) is 2.45. The lowest BCUT2D eigenvalue weighted by Gasteiger charge is -2.25. The Morgan fingerprint density at radius 3 is 2.29 bits per heavy atom. The van der Waals surface area contributed by atoms with Gasteiger partial charge < -0.3 is 9.55 Å². The van der Waals surface area contributed by atoms with Crippen molar-refractivity contribution in [3.63, 3.8) is 0 Å². The zero-order chi connectivity index (χ0) is 32.8. The van der Waals surface area contributed by atoms with E-state index in [4.69, 9.17) is 0 Å². The van der Waals surface area contributed by atoms with Gasteiger partial charge in [-0.25, -0.2) is 0 Å². The average molecular weight is 644 g/mol. The van der Waals surface area contributed by atoms with Crippen LogP contribution in [0, 0.1) is 13.8 Å². The quantitative estimate of drug-likeness (QED) is 0.181.